The van der Waals surface area contributed by atoms with Crippen LogP contribution in [0.2, 0.25) is 0 Å². The molecule has 5 nitrogen and oxygen atoms in total. The molecule has 0 saturated carbocycles. The molecule has 2 aromatic rings. The van der Waals surface area contributed by atoms with Crippen molar-refractivity contribution >= 4 is 11.6 Å². The van der Waals surface area contributed by atoms with Crippen LogP contribution < -0.4 is 14.9 Å². The second-order valence-electron chi connectivity index (χ2n) is 5.75. The van der Waals surface area contributed by atoms with E-state index in [0.717, 1.165) is 28.2 Å². The van der Waals surface area contributed by atoms with Gasteiger partial charge in [-0.2, -0.15) is 5.10 Å². The van der Waals surface area contributed by atoms with E-state index < -0.39 is 0 Å². The van der Waals surface area contributed by atoms with E-state index in [1.54, 1.807) is 0 Å². The Morgan fingerprint density at radius 2 is 2.00 bits per heavy atom. The third-order valence-corrected chi connectivity index (χ3v) is 3.81. The van der Waals surface area contributed by atoms with Gasteiger partial charge in [0.25, 0.3) is 5.91 Å². The number of aryl methyl sites for hydroxylation is 2. The van der Waals surface area contributed by atoms with Crippen LogP contribution in [0.5, 0.6) is 11.5 Å². The lowest BCUT2D eigenvalue weighted by Gasteiger charge is -2.20. The first-order valence-corrected chi connectivity index (χ1v) is 7.91. The van der Waals surface area contributed by atoms with Crippen molar-refractivity contribution in [1.29, 1.82) is 0 Å². The van der Waals surface area contributed by atoms with Crippen LogP contribution in [0.3, 0.4) is 0 Å². The van der Waals surface area contributed by atoms with Crippen molar-refractivity contribution in [2.24, 2.45) is 5.10 Å². The Bertz CT molecular complexity index is 767. The SMILES string of the molecule is Cc1ccc(OCC(=O)N/N=C2/CCOc3c(C)cccc32)cc1. The molecule has 0 atom stereocenters. The van der Waals surface area contributed by atoms with Crippen LogP contribution >= 0.6 is 0 Å². The molecule has 0 aromatic heterocycles. The minimum atomic E-state index is -0.288. The lowest BCUT2D eigenvalue weighted by Crippen LogP contribution is -2.27. The number of hydrogen-bond donors (Lipinski definition) is 1. The van der Waals surface area contributed by atoms with E-state index >= 15 is 0 Å². The van der Waals surface area contributed by atoms with Gasteiger partial charge in [-0.1, -0.05) is 29.8 Å². The largest absolute Gasteiger partial charge is 0.492 e. The highest BCUT2D eigenvalue weighted by Gasteiger charge is 2.18. The zero-order valence-electron chi connectivity index (χ0n) is 13.8. The fraction of sp³-hybridized carbons (Fsp3) is 0.263. The number of carbonyl (C=O) groups excluding carboxylic acids is 1. The monoisotopic (exact) mass is 324 g/mol. The van der Waals surface area contributed by atoms with Crippen LogP contribution in [0.25, 0.3) is 0 Å². The molecule has 0 saturated heterocycles. The van der Waals surface area contributed by atoms with E-state index in [9.17, 15) is 4.79 Å². The number of carbonyl (C=O) groups is 1. The van der Waals surface area contributed by atoms with Crippen molar-refractivity contribution < 1.29 is 14.3 Å². The lowest BCUT2D eigenvalue weighted by atomic mass is 10.0. The van der Waals surface area contributed by atoms with Crippen LogP contribution in [0.4, 0.5) is 0 Å². The number of fused-ring (bicyclic) bond motifs is 1. The van der Waals surface area contributed by atoms with Gasteiger partial charge in [-0.05, 0) is 37.6 Å². The van der Waals surface area contributed by atoms with Gasteiger partial charge in [-0.15, -0.1) is 0 Å². The van der Waals surface area contributed by atoms with Crippen LogP contribution in [-0.4, -0.2) is 24.8 Å². The molecule has 0 bridgehead atoms. The predicted molar refractivity (Wildman–Crippen MR) is 92.6 cm³/mol. The predicted octanol–water partition coefficient (Wildman–Crippen LogP) is 2.99. The normalized spacial score (nSPS) is 14.7. The standard InChI is InChI=1S/C19H20N2O3/c1-13-6-8-15(9-7-13)24-12-18(22)21-20-17-10-11-23-19-14(2)4-3-5-16(17)19/h3-9H,10-12H2,1-2H3,(H,21,22)/b20-17-. The molecule has 5 heteroatoms. The third kappa shape index (κ3) is 3.74. The Balaban J connectivity index is 1.61. The Labute approximate surface area is 141 Å². The summed E-state index contributed by atoms with van der Waals surface area (Å²) in [5.74, 6) is 1.21. The Morgan fingerprint density at radius 3 is 2.79 bits per heavy atom. The van der Waals surface area contributed by atoms with Gasteiger partial charge >= 0.3 is 0 Å². The minimum Gasteiger partial charge on any atom is -0.492 e. The number of nitrogens with zero attached hydrogens (tertiary/aromatic N) is 1. The van der Waals surface area contributed by atoms with Crippen molar-refractivity contribution in [3.8, 4) is 11.5 Å². The van der Waals surface area contributed by atoms with Gasteiger partial charge in [-0.3, -0.25) is 4.79 Å². The van der Waals surface area contributed by atoms with E-state index in [1.165, 1.54) is 0 Å². The van der Waals surface area contributed by atoms with Crippen LogP contribution in [0.1, 0.15) is 23.1 Å². The van der Waals surface area contributed by atoms with Crippen molar-refractivity contribution in [3.63, 3.8) is 0 Å². The smallest absolute Gasteiger partial charge is 0.277 e. The Hall–Kier alpha value is -2.82. The van der Waals surface area contributed by atoms with Gasteiger partial charge in [0.1, 0.15) is 11.5 Å². The number of nitrogens with one attached hydrogen (secondary N) is 1. The van der Waals surface area contributed by atoms with E-state index in [-0.39, 0.29) is 12.5 Å². The van der Waals surface area contributed by atoms with Crippen molar-refractivity contribution in [3.05, 3.63) is 59.2 Å². The Morgan fingerprint density at radius 1 is 1.21 bits per heavy atom. The highest BCUT2D eigenvalue weighted by atomic mass is 16.5. The van der Waals surface area contributed by atoms with Crippen molar-refractivity contribution in [2.45, 2.75) is 20.3 Å². The maximum Gasteiger partial charge on any atom is 0.277 e. The fourth-order valence-corrected chi connectivity index (χ4v) is 2.52. The van der Waals surface area contributed by atoms with Gasteiger partial charge in [0.15, 0.2) is 6.61 Å². The quantitative estimate of drug-likeness (QED) is 0.880. The molecule has 24 heavy (non-hydrogen) atoms. The molecule has 0 spiro atoms. The first-order valence-electron chi connectivity index (χ1n) is 7.91. The molecule has 1 heterocycles. The summed E-state index contributed by atoms with van der Waals surface area (Å²) in [5, 5.41) is 4.25. The molecule has 0 radical (unpaired) electrons. The molecule has 1 aliphatic rings. The Kier molecular flexibility index (Phi) is 4.79. The summed E-state index contributed by atoms with van der Waals surface area (Å²) in [5.41, 5.74) is 6.53. The minimum absolute atomic E-state index is 0.0724. The lowest BCUT2D eigenvalue weighted by molar-refractivity contribution is -0.123. The molecule has 1 N–H and O–H groups in total. The molecule has 0 aliphatic carbocycles. The van der Waals surface area contributed by atoms with Crippen molar-refractivity contribution in [1.82, 2.24) is 5.43 Å². The molecule has 0 fully saturated rings. The fourth-order valence-electron chi connectivity index (χ4n) is 2.52. The van der Waals surface area contributed by atoms with Gasteiger partial charge in [0.2, 0.25) is 0 Å². The molecular weight excluding hydrogens is 304 g/mol. The highest BCUT2D eigenvalue weighted by Crippen LogP contribution is 2.28. The molecule has 1 amide bonds. The number of hydrazone groups is 1. The third-order valence-electron chi connectivity index (χ3n) is 3.81. The van der Waals surface area contributed by atoms with Gasteiger partial charge in [0.05, 0.1) is 12.3 Å². The van der Waals surface area contributed by atoms with E-state index in [4.69, 9.17) is 9.47 Å². The maximum atomic E-state index is 11.9. The highest BCUT2D eigenvalue weighted by molar-refractivity contribution is 6.04. The van der Waals surface area contributed by atoms with Gasteiger partial charge < -0.3 is 9.47 Å². The van der Waals surface area contributed by atoms with Gasteiger partial charge in [-0.25, -0.2) is 5.43 Å². The molecule has 2 aromatic carbocycles. The summed E-state index contributed by atoms with van der Waals surface area (Å²) in [6, 6.07) is 13.5. The molecule has 0 unspecified atom stereocenters. The average molecular weight is 324 g/mol. The zero-order chi connectivity index (χ0) is 16.9. The number of amides is 1. The first-order chi connectivity index (χ1) is 11.6. The van der Waals surface area contributed by atoms with E-state index in [1.807, 2.05) is 56.3 Å². The van der Waals surface area contributed by atoms with Crippen molar-refractivity contribution in [2.75, 3.05) is 13.2 Å². The number of para-hydroxylation sites is 1. The molecule has 3 rings (SSSR count). The number of ether oxygens (including phenoxy) is 2. The van der Waals surface area contributed by atoms with Gasteiger partial charge in [0, 0.05) is 12.0 Å². The summed E-state index contributed by atoms with van der Waals surface area (Å²) >= 11 is 0. The zero-order valence-corrected chi connectivity index (χ0v) is 13.8. The molecule has 124 valence electrons. The van der Waals surface area contributed by atoms with Crippen LogP contribution in [0, 0.1) is 13.8 Å². The summed E-state index contributed by atoms with van der Waals surface area (Å²) in [6.07, 6.45) is 0.662. The summed E-state index contributed by atoms with van der Waals surface area (Å²) in [7, 11) is 0. The second-order valence-corrected chi connectivity index (χ2v) is 5.75. The number of hydrogen-bond acceptors (Lipinski definition) is 4. The van der Waals surface area contributed by atoms with E-state index in [2.05, 4.69) is 10.5 Å². The molecular formula is C19H20N2O3. The van der Waals surface area contributed by atoms with Crippen LogP contribution in [-0.2, 0) is 4.79 Å². The summed E-state index contributed by atoms with van der Waals surface area (Å²) in [6.45, 7) is 4.49. The second kappa shape index (κ2) is 7.17. The summed E-state index contributed by atoms with van der Waals surface area (Å²) in [4.78, 5) is 11.9. The first kappa shape index (κ1) is 16.1. The summed E-state index contributed by atoms with van der Waals surface area (Å²) < 4.78 is 11.1. The average Bonchev–Trinajstić information content (AvgIpc) is 2.60. The number of benzene rings is 2. The maximum absolute atomic E-state index is 11.9. The van der Waals surface area contributed by atoms with Crippen LogP contribution in [0.15, 0.2) is 47.6 Å². The van der Waals surface area contributed by atoms with E-state index in [0.29, 0.717) is 18.8 Å². The molecule has 1 aliphatic heterocycles. The number of rotatable bonds is 4. The topological polar surface area (TPSA) is 59.9 Å².